The monoisotopic (exact) mass is 352 g/mol. The van der Waals surface area contributed by atoms with Gasteiger partial charge in [0, 0.05) is 24.0 Å². The Morgan fingerprint density at radius 3 is 2.67 bits per heavy atom. The van der Waals surface area contributed by atoms with E-state index in [2.05, 4.69) is 15.9 Å². The zero-order valence-electron chi connectivity index (χ0n) is 9.93. The van der Waals surface area contributed by atoms with E-state index in [1.807, 2.05) is 12.1 Å². The smallest absolute Gasteiger partial charge is 0.139 e. The maximum atomic E-state index is 6.11. The molecule has 5 heteroatoms. The summed E-state index contributed by atoms with van der Waals surface area (Å²) < 4.78 is 11.2. The van der Waals surface area contributed by atoms with Crippen molar-refractivity contribution >= 4 is 39.1 Å². The van der Waals surface area contributed by atoms with Crippen molar-refractivity contribution in [1.29, 1.82) is 0 Å². The van der Waals surface area contributed by atoms with Gasteiger partial charge in [-0.3, -0.25) is 0 Å². The summed E-state index contributed by atoms with van der Waals surface area (Å²) in [5.74, 6) is 0.649. The summed E-state index contributed by atoms with van der Waals surface area (Å²) in [7, 11) is 0. The SMILES string of the molecule is Clc1cccc(OCC2(CBr)CCOCC2)c1Cl. The standard InChI is InChI=1S/C13H15BrCl2O2/c14-8-13(4-6-17-7-5-13)9-18-11-3-1-2-10(15)12(11)16/h1-3H,4-9H2. The summed E-state index contributed by atoms with van der Waals surface area (Å²) in [4.78, 5) is 0. The molecule has 1 saturated heterocycles. The summed E-state index contributed by atoms with van der Waals surface area (Å²) in [6.07, 6.45) is 1.99. The first-order chi connectivity index (χ1) is 8.67. The Morgan fingerprint density at radius 1 is 1.28 bits per heavy atom. The van der Waals surface area contributed by atoms with Crippen LogP contribution in [0.3, 0.4) is 0 Å². The van der Waals surface area contributed by atoms with E-state index in [0.717, 1.165) is 31.4 Å². The summed E-state index contributed by atoms with van der Waals surface area (Å²) in [6, 6.07) is 5.44. The number of halogens is 3. The molecule has 0 aromatic heterocycles. The number of alkyl halides is 1. The Hall–Kier alpha value is 0.0400. The molecule has 0 amide bonds. The van der Waals surface area contributed by atoms with Crippen LogP contribution in [-0.4, -0.2) is 25.2 Å². The highest BCUT2D eigenvalue weighted by molar-refractivity contribution is 9.09. The molecule has 2 rings (SSSR count). The molecule has 0 aliphatic carbocycles. The van der Waals surface area contributed by atoms with Gasteiger partial charge in [-0.05, 0) is 25.0 Å². The maximum Gasteiger partial charge on any atom is 0.139 e. The molecular formula is C13H15BrCl2O2. The van der Waals surface area contributed by atoms with E-state index < -0.39 is 0 Å². The summed E-state index contributed by atoms with van der Waals surface area (Å²) in [6.45, 7) is 2.21. The van der Waals surface area contributed by atoms with Gasteiger partial charge in [0.2, 0.25) is 0 Å². The zero-order chi connectivity index (χ0) is 13.0. The minimum absolute atomic E-state index is 0.129. The largest absolute Gasteiger partial charge is 0.491 e. The second-order valence-corrected chi connectivity index (χ2v) is 5.93. The van der Waals surface area contributed by atoms with E-state index in [1.54, 1.807) is 6.07 Å². The second kappa shape index (κ2) is 6.47. The third kappa shape index (κ3) is 3.32. The predicted octanol–water partition coefficient (Wildman–Crippen LogP) is 4.56. The molecule has 1 aliphatic rings. The van der Waals surface area contributed by atoms with Gasteiger partial charge in [-0.15, -0.1) is 0 Å². The summed E-state index contributed by atoms with van der Waals surface area (Å²) in [5, 5.41) is 1.91. The molecule has 0 unspecified atom stereocenters. The fraction of sp³-hybridized carbons (Fsp3) is 0.538. The van der Waals surface area contributed by atoms with Gasteiger partial charge in [-0.2, -0.15) is 0 Å². The van der Waals surface area contributed by atoms with Gasteiger partial charge in [0.15, 0.2) is 0 Å². The molecule has 1 aromatic carbocycles. The predicted molar refractivity (Wildman–Crippen MR) is 78.2 cm³/mol. The van der Waals surface area contributed by atoms with Crippen molar-refractivity contribution in [2.24, 2.45) is 5.41 Å². The second-order valence-electron chi connectivity index (χ2n) is 4.59. The third-order valence-corrected chi connectivity index (χ3v) is 5.28. The Bertz CT molecular complexity index is 406. The van der Waals surface area contributed by atoms with Gasteiger partial charge >= 0.3 is 0 Å². The molecular weight excluding hydrogens is 339 g/mol. The quantitative estimate of drug-likeness (QED) is 0.738. The van der Waals surface area contributed by atoms with Crippen LogP contribution in [0.25, 0.3) is 0 Å². The van der Waals surface area contributed by atoms with Gasteiger partial charge in [-0.25, -0.2) is 0 Å². The number of hydrogen-bond donors (Lipinski definition) is 0. The number of ether oxygens (including phenoxy) is 2. The molecule has 0 N–H and O–H groups in total. The van der Waals surface area contributed by atoms with Crippen LogP contribution in [0.2, 0.25) is 10.0 Å². The fourth-order valence-electron chi connectivity index (χ4n) is 1.95. The highest BCUT2D eigenvalue weighted by atomic mass is 79.9. The lowest BCUT2D eigenvalue weighted by Gasteiger charge is -2.35. The van der Waals surface area contributed by atoms with Crippen molar-refractivity contribution in [3.8, 4) is 5.75 Å². The third-order valence-electron chi connectivity index (χ3n) is 3.29. The molecule has 0 bridgehead atoms. The zero-order valence-corrected chi connectivity index (χ0v) is 13.0. The van der Waals surface area contributed by atoms with Crippen LogP contribution >= 0.6 is 39.1 Å². The molecule has 0 saturated carbocycles. The minimum atomic E-state index is 0.129. The van der Waals surface area contributed by atoms with Crippen molar-refractivity contribution < 1.29 is 9.47 Å². The molecule has 1 aliphatic heterocycles. The van der Waals surface area contributed by atoms with Gasteiger partial charge in [0.1, 0.15) is 10.8 Å². The van der Waals surface area contributed by atoms with Crippen LogP contribution in [0.15, 0.2) is 18.2 Å². The van der Waals surface area contributed by atoms with Crippen LogP contribution in [0.5, 0.6) is 5.75 Å². The van der Waals surface area contributed by atoms with Crippen molar-refractivity contribution in [3.63, 3.8) is 0 Å². The summed E-state index contributed by atoms with van der Waals surface area (Å²) in [5.41, 5.74) is 0.129. The highest BCUT2D eigenvalue weighted by Gasteiger charge is 2.32. The molecule has 1 fully saturated rings. The van der Waals surface area contributed by atoms with E-state index in [4.69, 9.17) is 32.7 Å². The lowest BCUT2D eigenvalue weighted by atomic mass is 9.83. The van der Waals surface area contributed by atoms with E-state index in [1.165, 1.54) is 0 Å². The van der Waals surface area contributed by atoms with Crippen LogP contribution in [0.4, 0.5) is 0 Å². The Balaban J connectivity index is 2.03. The number of rotatable bonds is 4. The first-order valence-electron chi connectivity index (χ1n) is 5.87. The average Bonchev–Trinajstić information content (AvgIpc) is 2.41. The molecule has 0 radical (unpaired) electrons. The van der Waals surface area contributed by atoms with Crippen LogP contribution in [-0.2, 0) is 4.74 Å². The molecule has 100 valence electrons. The number of benzene rings is 1. The van der Waals surface area contributed by atoms with E-state index in [0.29, 0.717) is 22.4 Å². The van der Waals surface area contributed by atoms with Crippen molar-refractivity contribution in [1.82, 2.24) is 0 Å². The van der Waals surface area contributed by atoms with Gasteiger partial charge in [0.05, 0.1) is 11.6 Å². The lowest BCUT2D eigenvalue weighted by molar-refractivity contribution is 0.00357. The van der Waals surface area contributed by atoms with Crippen LogP contribution in [0, 0.1) is 5.41 Å². The molecule has 1 aromatic rings. The molecule has 18 heavy (non-hydrogen) atoms. The first-order valence-corrected chi connectivity index (χ1v) is 7.75. The van der Waals surface area contributed by atoms with Gasteiger partial charge in [-0.1, -0.05) is 45.2 Å². The Labute approximate surface area is 126 Å². The highest BCUT2D eigenvalue weighted by Crippen LogP contribution is 2.36. The average molecular weight is 354 g/mol. The van der Waals surface area contributed by atoms with Crippen molar-refractivity contribution in [2.75, 3.05) is 25.2 Å². The van der Waals surface area contributed by atoms with Gasteiger partial charge in [0.25, 0.3) is 0 Å². The molecule has 2 nitrogen and oxygen atoms in total. The lowest BCUT2D eigenvalue weighted by Crippen LogP contribution is -2.36. The number of hydrogen-bond acceptors (Lipinski definition) is 2. The molecule has 0 atom stereocenters. The van der Waals surface area contributed by atoms with Crippen molar-refractivity contribution in [3.05, 3.63) is 28.2 Å². The van der Waals surface area contributed by atoms with E-state index >= 15 is 0 Å². The molecule has 1 heterocycles. The van der Waals surface area contributed by atoms with Crippen LogP contribution < -0.4 is 4.74 Å². The van der Waals surface area contributed by atoms with E-state index in [-0.39, 0.29) is 5.41 Å². The van der Waals surface area contributed by atoms with Gasteiger partial charge < -0.3 is 9.47 Å². The minimum Gasteiger partial charge on any atom is -0.491 e. The fourth-order valence-corrected chi connectivity index (χ4v) is 3.02. The Kier molecular flexibility index (Phi) is 5.19. The Morgan fingerprint density at radius 2 is 2.00 bits per heavy atom. The first kappa shape index (κ1) is 14.4. The topological polar surface area (TPSA) is 18.5 Å². The van der Waals surface area contributed by atoms with Crippen LogP contribution in [0.1, 0.15) is 12.8 Å². The van der Waals surface area contributed by atoms with E-state index in [9.17, 15) is 0 Å². The molecule has 0 spiro atoms. The maximum absolute atomic E-state index is 6.11. The normalized spacial score (nSPS) is 18.6. The van der Waals surface area contributed by atoms with Crippen molar-refractivity contribution in [2.45, 2.75) is 12.8 Å². The summed E-state index contributed by atoms with van der Waals surface area (Å²) >= 11 is 15.6.